The Morgan fingerprint density at radius 3 is 2.55 bits per heavy atom. The van der Waals surface area contributed by atoms with Gasteiger partial charge in [-0.2, -0.15) is 0 Å². The Morgan fingerprint density at radius 2 is 1.75 bits per heavy atom. The highest BCUT2D eigenvalue weighted by Crippen LogP contribution is 2.30. The lowest BCUT2D eigenvalue weighted by Gasteiger charge is -2.04. The fourth-order valence-corrected chi connectivity index (χ4v) is 2.62. The minimum absolute atomic E-state index is 0.217. The van der Waals surface area contributed by atoms with Crippen LogP contribution in [0.15, 0.2) is 30.3 Å². The van der Waals surface area contributed by atoms with E-state index in [4.69, 9.17) is 0 Å². The minimum atomic E-state index is -1.29. The number of nitrogens with one attached hydrogen (secondary N) is 1. The average Bonchev–Trinajstić information content (AvgIpc) is 2.76. The first kappa shape index (κ1) is 12.9. The normalized spacial score (nSPS) is 11.0. The second-order valence-corrected chi connectivity index (χ2v) is 5.04. The Balaban J connectivity index is 2.01. The van der Waals surface area contributed by atoms with Gasteiger partial charge in [-0.3, -0.25) is 0 Å². The molecule has 0 radical (unpaired) electrons. The van der Waals surface area contributed by atoms with Crippen LogP contribution in [0.3, 0.4) is 0 Å². The van der Waals surface area contributed by atoms with Gasteiger partial charge in [0.15, 0.2) is 16.8 Å². The standard InChI is InChI=1S/C13H6F4N2S/c14-6-1-2-9-11(5-6)20-13(18-9)19-10-4-7(15)3-8(16)12(10)17/h1-5H,(H,18,19). The molecule has 0 aliphatic rings. The first-order valence-electron chi connectivity index (χ1n) is 5.50. The van der Waals surface area contributed by atoms with E-state index in [0.717, 1.165) is 17.4 Å². The lowest BCUT2D eigenvalue weighted by Crippen LogP contribution is -1.97. The van der Waals surface area contributed by atoms with Crippen molar-refractivity contribution in [2.75, 3.05) is 5.32 Å². The van der Waals surface area contributed by atoms with Gasteiger partial charge < -0.3 is 5.32 Å². The van der Waals surface area contributed by atoms with E-state index in [1.165, 1.54) is 18.2 Å². The molecule has 3 aromatic rings. The molecule has 0 spiro atoms. The molecule has 0 amide bonds. The highest BCUT2D eigenvalue weighted by molar-refractivity contribution is 7.22. The number of fused-ring (bicyclic) bond motifs is 1. The van der Waals surface area contributed by atoms with Gasteiger partial charge in [-0.25, -0.2) is 22.5 Å². The number of halogens is 4. The molecule has 7 heteroatoms. The van der Waals surface area contributed by atoms with Gasteiger partial charge in [0.25, 0.3) is 0 Å². The number of thiazole rings is 1. The van der Waals surface area contributed by atoms with Crippen molar-refractivity contribution in [3.63, 3.8) is 0 Å². The lowest BCUT2D eigenvalue weighted by molar-refractivity contribution is 0.498. The number of hydrogen-bond donors (Lipinski definition) is 1. The number of nitrogens with zero attached hydrogens (tertiary/aromatic N) is 1. The van der Waals surface area contributed by atoms with Crippen molar-refractivity contribution in [3.05, 3.63) is 53.6 Å². The van der Waals surface area contributed by atoms with Crippen LogP contribution < -0.4 is 5.32 Å². The van der Waals surface area contributed by atoms with E-state index in [1.54, 1.807) is 0 Å². The van der Waals surface area contributed by atoms with Crippen LogP contribution in [-0.2, 0) is 0 Å². The maximum Gasteiger partial charge on any atom is 0.188 e. The van der Waals surface area contributed by atoms with Gasteiger partial charge in [0.05, 0.1) is 15.9 Å². The average molecular weight is 298 g/mol. The van der Waals surface area contributed by atoms with E-state index in [2.05, 4.69) is 10.3 Å². The van der Waals surface area contributed by atoms with Crippen molar-refractivity contribution >= 4 is 32.4 Å². The molecule has 1 aromatic heterocycles. The maximum absolute atomic E-state index is 13.5. The Labute approximate surface area is 114 Å². The lowest BCUT2D eigenvalue weighted by atomic mass is 10.3. The Morgan fingerprint density at radius 1 is 0.950 bits per heavy atom. The molecule has 1 N–H and O–H groups in total. The minimum Gasteiger partial charge on any atom is -0.329 e. The summed E-state index contributed by atoms with van der Waals surface area (Å²) in [5, 5.41) is 2.71. The molecule has 102 valence electrons. The topological polar surface area (TPSA) is 24.9 Å². The molecule has 2 aromatic carbocycles. The van der Waals surface area contributed by atoms with Gasteiger partial charge in [-0.1, -0.05) is 11.3 Å². The molecular weight excluding hydrogens is 292 g/mol. The highest BCUT2D eigenvalue weighted by Gasteiger charge is 2.13. The van der Waals surface area contributed by atoms with Crippen LogP contribution in [0, 0.1) is 23.3 Å². The number of anilines is 2. The Bertz CT molecular complexity index is 800. The van der Waals surface area contributed by atoms with Crippen LogP contribution in [0.25, 0.3) is 10.2 Å². The molecule has 0 atom stereocenters. The maximum atomic E-state index is 13.5. The van der Waals surface area contributed by atoms with E-state index < -0.39 is 23.3 Å². The molecule has 0 aliphatic carbocycles. The zero-order valence-corrected chi connectivity index (χ0v) is 10.6. The zero-order chi connectivity index (χ0) is 14.3. The van der Waals surface area contributed by atoms with Crippen LogP contribution in [-0.4, -0.2) is 4.98 Å². The van der Waals surface area contributed by atoms with Crippen LogP contribution in [0.4, 0.5) is 28.4 Å². The van der Waals surface area contributed by atoms with Crippen LogP contribution in [0.1, 0.15) is 0 Å². The van der Waals surface area contributed by atoms with Gasteiger partial charge in [0.1, 0.15) is 11.6 Å². The highest BCUT2D eigenvalue weighted by atomic mass is 32.1. The van der Waals surface area contributed by atoms with Crippen molar-refractivity contribution in [1.82, 2.24) is 4.98 Å². The smallest absolute Gasteiger partial charge is 0.188 e. The van der Waals surface area contributed by atoms with Crippen LogP contribution >= 0.6 is 11.3 Å². The van der Waals surface area contributed by atoms with Gasteiger partial charge in [-0.05, 0) is 18.2 Å². The number of hydrogen-bond acceptors (Lipinski definition) is 3. The van der Waals surface area contributed by atoms with Gasteiger partial charge in [-0.15, -0.1) is 0 Å². The largest absolute Gasteiger partial charge is 0.329 e. The molecule has 0 saturated carbocycles. The van der Waals surface area contributed by atoms with Crippen molar-refractivity contribution in [1.29, 1.82) is 0 Å². The van der Waals surface area contributed by atoms with E-state index in [1.807, 2.05) is 0 Å². The predicted octanol–water partition coefficient (Wildman–Crippen LogP) is 4.60. The first-order valence-corrected chi connectivity index (χ1v) is 6.32. The molecule has 1 heterocycles. The summed E-state index contributed by atoms with van der Waals surface area (Å²) in [7, 11) is 0. The fraction of sp³-hybridized carbons (Fsp3) is 0. The third-order valence-electron chi connectivity index (χ3n) is 2.59. The van der Waals surface area contributed by atoms with Crippen molar-refractivity contribution in [3.8, 4) is 0 Å². The molecule has 0 saturated heterocycles. The second-order valence-electron chi connectivity index (χ2n) is 4.01. The zero-order valence-electron chi connectivity index (χ0n) is 9.75. The van der Waals surface area contributed by atoms with Crippen molar-refractivity contribution in [2.45, 2.75) is 0 Å². The molecular formula is C13H6F4N2S. The van der Waals surface area contributed by atoms with Gasteiger partial charge in [0.2, 0.25) is 0 Å². The summed E-state index contributed by atoms with van der Waals surface area (Å²) in [5.74, 6) is -3.81. The summed E-state index contributed by atoms with van der Waals surface area (Å²) in [6.45, 7) is 0. The summed E-state index contributed by atoms with van der Waals surface area (Å²) >= 11 is 1.05. The SMILES string of the molecule is Fc1cc(F)c(F)c(Nc2nc3ccc(F)cc3s2)c1. The van der Waals surface area contributed by atoms with Crippen LogP contribution in [0.2, 0.25) is 0 Å². The summed E-state index contributed by atoms with van der Waals surface area (Å²) in [5.41, 5.74) is 0.151. The molecule has 3 rings (SSSR count). The second kappa shape index (κ2) is 4.75. The monoisotopic (exact) mass is 298 g/mol. The van der Waals surface area contributed by atoms with E-state index in [0.29, 0.717) is 16.3 Å². The van der Waals surface area contributed by atoms with E-state index in [9.17, 15) is 17.6 Å². The Hall–Kier alpha value is -2.15. The molecule has 0 fully saturated rings. The Kier molecular flexibility index (Phi) is 3.06. The quantitative estimate of drug-likeness (QED) is 0.552. The third-order valence-corrected chi connectivity index (χ3v) is 3.52. The van der Waals surface area contributed by atoms with Gasteiger partial charge >= 0.3 is 0 Å². The first-order chi connectivity index (χ1) is 9.52. The summed E-state index contributed by atoms with van der Waals surface area (Å²) in [4.78, 5) is 4.08. The van der Waals surface area contributed by atoms with E-state index in [-0.39, 0.29) is 10.8 Å². The number of rotatable bonds is 2. The molecule has 20 heavy (non-hydrogen) atoms. The number of benzene rings is 2. The summed E-state index contributed by atoms with van der Waals surface area (Å²) in [6.07, 6.45) is 0. The van der Waals surface area contributed by atoms with Crippen molar-refractivity contribution in [2.24, 2.45) is 0 Å². The molecule has 0 unspecified atom stereocenters. The summed E-state index contributed by atoms with van der Waals surface area (Å²) in [6, 6.07) is 5.27. The van der Waals surface area contributed by atoms with Gasteiger partial charge in [0, 0.05) is 12.1 Å². The predicted molar refractivity (Wildman–Crippen MR) is 69.2 cm³/mol. The number of aromatic nitrogens is 1. The van der Waals surface area contributed by atoms with E-state index >= 15 is 0 Å². The molecule has 2 nitrogen and oxygen atoms in total. The van der Waals surface area contributed by atoms with Crippen molar-refractivity contribution < 1.29 is 17.6 Å². The molecule has 0 bridgehead atoms. The molecule has 0 aliphatic heterocycles. The summed E-state index contributed by atoms with van der Waals surface area (Å²) < 4.78 is 53.2. The van der Waals surface area contributed by atoms with Crippen LogP contribution in [0.5, 0.6) is 0 Å². The third kappa shape index (κ3) is 2.32. The fourth-order valence-electron chi connectivity index (χ4n) is 1.71.